The van der Waals surface area contributed by atoms with Crippen molar-refractivity contribution < 1.29 is 14.3 Å². The molecule has 1 aromatic rings. The van der Waals surface area contributed by atoms with E-state index in [1.807, 2.05) is 19.1 Å². The molecule has 0 radical (unpaired) electrons. The first-order chi connectivity index (χ1) is 12.6. The zero-order chi connectivity index (χ0) is 19.2. The van der Waals surface area contributed by atoms with Crippen LogP contribution in [-0.4, -0.2) is 58.9 Å². The highest BCUT2D eigenvalue weighted by Gasteiger charge is 2.07. The van der Waals surface area contributed by atoms with Gasteiger partial charge in [-0.3, -0.25) is 9.79 Å². The van der Waals surface area contributed by atoms with Crippen LogP contribution < -0.4 is 16.0 Å². The Morgan fingerprint density at radius 2 is 1.96 bits per heavy atom. The number of nitrogens with one attached hydrogen (secondary N) is 3. The maximum atomic E-state index is 12.1. The van der Waals surface area contributed by atoms with Crippen LogP contribution in [0.2, 0.25) is 5.02 Å². The lowest BCUT2D eigenvalue weighted by molar-refractivity contribution is -0.116. The maximum Gasteiger partial charge on any atom is 0.226 e. The number of nitrogens with zero attached hydrogens (tertiary/aromatic N) is 1. The Bertz CT molecular complexity index is 582. The number of halogens is 1. The van der Waals surface area contributed by atoms with Crippen molar-refractivity contribution in [3.8, 4) is 0 Å². The summed E-state index contributed by atoms with van der Waals surface area (Å²) in [5.74, 6) is 0.582. The van der Waals surface area contributed by atoms with Crippen molar-refractivity contribution in [1.29, 1.82) is 0 Å². The average molecular weight is 385 g/mol. The Kier molecular flexibility index (Phi) is 11.4. The molecule has 0 aliphatic rings. The number of guanidine groups is 1. The molecule has 0 spiro atoms. The first-order valence-corrected chi connectivity index (χ1v) is 9.02. The van der Waals surface area contributed by atoms with Crippen LogP contribution in [-0.2, 0) is 14.3 Å². The summed E-state index contributed by atoms with van der Waals surface area (Å²) in [5.41, 5.74) is 1.60. The van der Waals surface area contributed by atoms with Crippen LogP contribution >= 0.6 is 11.6 Å². The predicted molar refractivity (Wildman–Crippen MR) is 106 cm³/mol. The van der Waals surface area contributed by atoms with Crippen molar-refractivity contribution in [1.82, 2.24) is 10.6 Å². The molecule has 0 unspecified atom stereocenters. The van der Waals surface area contributed by atoms with Gasteiger partial charge >= 0.3 is 0 Å². The lowest BCUT2D eigenvalue weighted by atomic mass is 10.2. The van der Waals surface area contributed by atoms with Crippen molar-refractivity contribution >= 4 is 29.2 Å². The van der Waals surface area contributed by atoms with E-state index in [0.717, 1.165) is 24.2 Å². The number of anilines is 1. The maximum absolute atomic E-state index is 12.1. The fourth-order valence-corrected chi connectivity index (χ4v) is 2.27. The number of rotatable bonds is 11. The van der Waals surface area contributed by atoms with Crippen LogP contribution in [0.15, 0.2) is 23.2 Å². The molecule has 0 fully saturated rings. The van der Waals surface area contributed by atoms with Gasteiger partial charge < -0.3 is 25.4 Å². The van der Waals surface area contributed by atoms with E-state index in [1.165, 1.54) is 0 Å². The van der Waals surface area contributed by atoms with Gasteiger partial charge in [0.15, 0.2) is 5.96 Å². The minimum atomic E-state index is -0.0788. The Hall–Kier alpha value is -1.83. The number of hydrogen-bond acceptors (Lipinski definition) is 4. The predicted octanol–water partition coefficient (Wildman–Crippen LogP) is 2.20. The van der Waals surface area contributed by atoms with E-state index in [2.05, 4.69) is 20.9 Å². The second kappa shape index (κ2) is 13.4. The molecular weight excluding hydrogens is 356 g/mol. The van der Waals surface area contributed by atoms with E-state index in [4.69, 9.17) is 21.1 Å². The minimum absolute atomic E-state index is 0.0788. The van der Waals surface area contributed by atoms with Gasteiger partial charge in [0.2, 0.25) is 5.91 Å². The fourth-order valence-electron chi connectivity index (χ4n) is 2.10. The van der Waals surface area contributed by atoms with Gasteiger partial charge in [0.1, 0.15) is 0 Å². The minimum Gasteiger partial charge on any atom is -0.382 e. The van der Waals surface area contributed by atoms with Crippen LogP contribution in [0.25, 0.3) is 0 Å². The lowest BCUT2D eigenvalue weighted by Crippen LogP contribution is -2.39. The summed E-state index contributed by atoms with van der Waals surface area (Å²) in [4.78, 5) is 16.2. The van der Waals surface area contributed by atoms with Crippen molar-refractivity contribution in [3.05, 3.63) is 28.8 Å². The summed E-state index contributed by atoms with van der Waals surface area (Å²) in [7, 11) is 3.34. The normalized spacial score (nSPS) is 11.3. The standard InChI is InChI=1S/C18H29ClN4O3/c1-14-15(19)6-4-7-16(14)23-17(24)8-10-22-18(20-2)21-9-5-11-26-13-12-25-3/h4,6-7H,5,8-13H2,1-3H3,(H,23,24)(H2,20,21,22). The molecule has 26 heavy (non-hydrogen) atoms. The number of hydrogen-bond donors (Lipinski definition) is 3. The molecule has 0 bridgehead atoms. The molecular formula is C18H29ClN4O3. The van der Waals surface area contributed by atoms with Crippen LogP contribution in [0.3, 0.4) is 0 Å². The molecule has 0 aromatic heterocycles. The number of amides is 1. The first kappa shape index (κ1) is 22.2. The van der Waals surface area contributed by atoms with Crippen molar-refractivity contribution in [2.24, 2.45) is 4.99 Å². The van der Waals surface area contributed by atoms with Crippen molar-refractivity contribution in [2.45, 2.75) is 19.8 Å². The third kappa shape index (κ3) is 9.03. The second-order valence-electron chi connectivity index (χ2n) is 5.60. The van der Waals surface area contributed by atoms with Crippen LogP contribution in [0.4, 0.5) is 5.69 Å². The summed E-state index contributed by atoms with van der Waals surface area (Å²) in [6, 6.07) is 5.45. The van der Waals surface area contributed by atoms with Crippen LogP contribution in [0.5, 0.6) is 0 Å². The molecule has 1 aromatic carbocycles. The zero-order valence-corrected chi connectivity index (χ0v) is 16.5. The highest BCUT2D eigenvalue weighted by molar-refractivity contribution is 6.31. The largest absolute Gasteiger partial charge is 0.382 e. The second-order valence-corrected chi connectivity index (χ2v) is 6.00. The molecule has 1 amide bonds. The summed E-state index contributed by atoms with van der Waals surface area (Å²) in [5, 5.41) is 9.80. The van der Waals surface area contributed by atoms with Crippen molar-refractivity contribution in [3.63, 3.8) is 0 Å². The van der Waals surface area contributed by atoms with Gasteiger partial charge in [0.25, 0.3) is 0 Å². The third-order valence-corrected chi connectivity index (χ3v) is 4.01. The molecule has 146 valence electrons. The number of aliphatic imine (C=N–C) groups is 1. The molecule has 7 nitrogen and oxygen atoms in total. The molecule has 0 aliphatic carbocycles. The van der Waals surface area contributed by atoms with E-state index in [9.17, 15) is 4.79 Å². The third-order valence-electron chi connectivity index (χ3n) is 3.60. The molecule has 3 N–H and O–H groups in total. The molecule has 0 saturated heterocycles. The highest BCUT2D eigenvalue weighted by Crippen LogP contribution is 2.22. The van der Waals surface area contributed by atoms with Gasteiger partial charge in [0, 0.05) is 51.0 Å². The van der Waals surface area contributed by atoms with Gasteiger partial charge in [-0.2, -0.15) is 0 Å². The first-order valence-electron chi connectivity index (χ1n) is 8.64. The van der Waals surface area contributed by atoms with E-state index in [1.54, 1.807) is 20.2 Å². The molecule has 0 saturated carbocycles. The molecule has 0 atom stereocenters. The Morgan fingerprint density at radius 1 is 1.19 bits per heavy atom. The lowest BCUT2D eigenvalue weighted by Gasteiger charge is -2.13. The van der Waals surface area contributed by atoms with Crippen LogP contribution in [0, 0.1) is 6.92 Å². The number of carbonyl (C=O) groups is 1. The van der Waals surface area contributed by atoms with Gasteiger partial charge in [-0.1, -0.05) is 17.7 Å². The van der Waals surface area contributed by atoms with Gasteiger partial charge in [-0.25, -0.2) is 0 Å². The van der Waals surface area contributed by atoms with E-state index < -0.39 is 0 Å². The monoisotopic (exact) mass is 384 g/mol. The molecule has 8 heteroatoms. The molecule has 0 heterocycles. The van der Waals surface area contributed by atoms with Gasteiger partial charge in [0.05, 0.1) is 13.2 Å². The van der Waals surface area contributed by atoms with Crippen LogP contribution in [0.1, 0.15) is 18.4 Å². The number of ether oxygens (including phenoxy) is 2. The molecule has 0 aliphatic heterocycles. The number of carbonyl (C=O) groups excluding carboxylic acids is 1. The van der Waals surface area contributed by atoms with Gasteiger partial charge in [-0.15, -0.1) is 0 Å². The fraction of sp³-hybridized carbons (Fsp3) is 0.556. The summed E-state index contributed by atoms with van der Waals surface area (Å²) < 4.78 is 10.3. The quantitative estimate of drug-likeness (QED) is 0.309. The number of methoxy groups -OCH3 is 1. The van der Waals surface area contributed by atoms with E-state index >= 15 is 0 Å². The van der Waals surface area contributed by atoms with Crippen molar-refractivity contribution in [2.75, 3.05) is 52.4 Å². The Labute approximate surface area is 160 Å². The van der Waals surface area contributed by atoms with E-state index in [0.29, 0.717) is 43.8 Å². The zero-order valence-electron chi connectivity index (χ0n) is 15.7. The summed E-state index contributed by atoms with van der Waals surface area (Å²) in [6.07, 6.45) is 1.19. The van der Waals surface area contributed by atoms with Gasteiger partial charge in [-0.05, 0) is 31.0 Å². The smallest absolute Gasteiger partial charge is 0.226 e. The Balaban J connectivity index is 2.19. The number of benzene rings is 1. The topological polar surface area (TPSA) is 84.0 Å². The summed E-state index contributed by atoms with van der Waals surface area (Å²) >= 11 is 6.06. The highest BCUT2D eigenvalue weighted by atomic mass is 35.5. The molecule has 1 rings (SSSR count). The Morgan fingerprint density at radius 3 is 2.69 bits per heavy atom. The summed E-state index contributed by atoms with van der Waals surface area (Å²) in [6.45, 7) is 4.96. The average Bonchev–Trinajstić information content (AvgIpc) is 2.63. The SMILES string of the molecule is CN=C(NCCCOCCOC)NCCC(=O)Nc1cccc(Cl)c1C. The van der Waals surface area contributed by atoms with E-state index in [-0.39, 0.29) is 5.91 Å².